The Morgan fingerprint density at radius 1 is 1.30 bits per heavy atom. The SMILES string of the molecule is C[C@@H]1CN(C(=O)Cc2csc(-c3ccc4c(c3)OCO4)n2)CC(C(=O)O)O1. The minimum atomic E-state index is -1.06. The highest BCUT2D eigenvalue weighted by atomic mass is 32.1. The van der Waals surface area contributed by atoms with Gasteiger partial charge in [0.15, 0.2) is 17.6 Å². The van der Waals surface area contributed by atoms with Crippen molar-refractivity contribution in [3.05, 3.63) is 29.3 Å². The molecule has 1 aromatic carbocycles. The molecule has 3 heterocycles. The maximum absolute atomic E-state index is 12.6. The number of aromatic nitrogens is 1. The lowest BCUT2D eigenvalue weighted by atomic mass is 10.2. The second-order valence-electron chi connectivity index (χ2n) is 6.46. The van der Waals surface area contributed by atoms with Crippen LogP contribution in [0.2, 0.25) is 0 Å². The Labute approximate surface area is 159 Å². The predicted molar refractivity (Wildman–Crippen MR) is 95.9 cm³/mol. The number of carbonyl (C=O) groups is 2. The van der Waals surface area contributed by atoms with Crippen molar-refractivity contribution in [1.29, 1.82) is 0 Å². The molecule has 4 rings (SSSR count). The summed E-state index contributed by atoms with van der Waals surface area (Å²) in [5, 5.41) is 11.8. The summed E-state index contributed by atoms with van der Waals surface area (Å²) in [5.74, 6) is 0.180. The number of thiazole rings is 1. The second-order valence-corrected chi connectivity index (χ2v) is 7.32. The second kappa shape index (κ2) is 7.16. The Balaban J connectivity index is 1.44. The van der Waals surface area contributed by atoms with Crippen LogP contribution in [0.25, 0.3) is 10.6 Å². The smallest absolute Gasteiger partial charge is 0.334 e. The first-order valence-corrected chi connectivity index (χ1v) is 9.38. The van der Waals surface area contributed by atoms with Gasteiger partial charge >= 0.3 is 5.97 Å². The van der Waals surface area contributed by atoms with Crippen LogP contribution in [0.15, 0.2) is 23.6 Å². The zero-order valence-corrected chi connectivity index (χ0v) is 15.4. The molecule has 1 fully saturated rings. The van der Waals surface area contributed by atoms with Crippen molar-refractivity contribution in [2.45, 2.75) is 25.6 Å². The van der Waals surface area contributed by atoms with E-state index in [9.17, 15) is 9.59 Å². The molecule has 8 nitrogen and oxygen atoms in total. The lowest BCUT2D eigenvalue weighted by Gasteiger charge is -2.34. The summed E-state index contributed by atoms with van der Waals surface area (Å²) in [4.78, 5) is 29.8. The first-order valence-electron chi connectivity index (χ1n) is 8.50. The summed E-state index contributed by atoms with van der Waals surface area (Å²) in [6.07, 6.45) is -1.18. The third-order valence-electron chi connectivity index (χ3n) is 4.39. The zero-order valence-electron chi connectivity index (χ0n) is 14.6. The van der Waals surface area contributed by atoms with Gasteiger partial charge in [-0.15, -0.1) is 11.3 Å². The molecule has 142 valence electrons. The highest BCUT2D eigenvalue weighted by Gasteiger charge is 2.32. The van der Waals surface area contributed by atoms with E-state index >= 15 is 0 Å². The summed E-state index contributed by atoms with van der Waals surface area (Å²) < 4.78 is 16.0. The molecule has 2 aromatic rings. The summed E-state index contributed by atoms with van der Waals surface area (Å²) >= 11 is 1.45. The number of fused-ring (bicyclic) bond motifs is 1. The van der Waals surface area contributed by atoms with Gasteiger partial charge in [0.2, 0.25) is 12.7 Å². The van der Waals surface area contributed by atoms with Crippen molar-refractivity contribution in [3.63, 3.8) is 0 Å². The molecule has 2 aliphatic rings. The number of amides is 1. The monoisotopic (exact) mass is 390 g/mol. The number of benzene rings is 1. The Kier molecular flexibility index (Phi) is 4.71. The molecule has 0 radical (unpaired) electrons. The fourth-order valence-electron chi connectivity index (χ4n) is 3.11. The molecule has 1 aromatic heterocycles. The van der Waals surface area contributed by atoms with Crippen LogP contribution in [0.5, 0.6) is 11.5 Å². The first-order chi connectivity index (χ1) is 13.0. The minimum Gasteiger partial charge on any atom is -0.479 e. The van der Waals surface area contributed by atoms with Crippen molar-refractivity contribution in [2.75, 3.05) is 19.9 Å². The Morgan fingerprint density at radius 2 is 2.11 bits per heavy atom. The standard InChI is InChI=1S/C18H18N2O6S/c1-10-6-20(7-15(26-10)18(22)23)16(21)5-12-8-27-17(19-12)11-2-3-13-14(4-11)25-9-24-13/h2-4,8,10,15H,5-7,9H2,1H3,(H,22,23)/t10-,15?/m1/s1. The fourth-order valence-corrected chi connectivity index (χ4v) is 3.93. The predicted octanol–water partition coefficient (Wildman–Crippen LogP) is 1.78. The van der Waals surface area contributed by atoms with Crippen LogP contribution >= 0.6 is 11.3 Å². The van der Waals surface area contributed by atoms with Gasteiger partial charge in [0, 0.05) is 17.5 Å². The molecule has 0 aliphatic carbocycles. The zero-order chi connectivity index (χ0) is 19.0. The molecule has 0 saturated carbocycles. The molecular weight excluding hydrogens is 372 g/mol. The van der Waals surface area contributed by atoms with Gasteiger partial charge in [0.1, 0.15) is 5.01 Å². The van der Waals surface area contributed by atoms with Crippen molar-refractivity contribution >= 4 is 23.2 Å². The summed E-state index contributed by atoms with van der Waals surface area (Å²) in [6, 6.07) is 5.61. The van der Waals surface area contributed by atoms with E-state index in [-0.39, 0.29) is 31.8 Å². The summed E-state index contributed by atoms with van der Waals surface area (Å²) in [5.41, 5.74) is 1.55. The van der Waals surface area contributed by atoms with Gasteiger partial charge in [-0.1, -0.05) is 0 Å². The first kappa shape index (κ1) is 17.7. The van der Waals surface area contributed by atoms with Gasteiger partial charge in [0.05, 0.1) is 24.8 Å². The molecule has 1 unspecified atom stereocenters. The number of hydrogen-bond donors (Lipinski definition) is 1. The lowest BCUT2D eigenvalue weighted by molar-refractivity contribution is -0.166. The number of carboxylic acids is 1. The third kappa shape index (κ3) is 3.74. The van der Waals surface area contributed by atoms with Crippen LogP contribution in [-0.2, 0) is 20.7 Å². The van der Waals surface area contributed by atoms with E-state index in [1.165, 1.54) is 16.2 Å². The van der Waals surface area contributed by atoms with Gasteiger partial charge in [0.25, 0.3) is 0 Å². The largest absolute Gasteiger partial charge is 0.479 e. The van der Waals surface area contributed by atoms with E-state index < -0.39 is 12.1 Å². The normalized spacial score (nSPS) is 21.3. The van der Waals surface area contributed by atoms with Crippen molar-refractivity contribution < 1.29 is 28.9 Å². The Morgan fingerprint density at radius 3 is 2.93 bits per heavy atom. The van der Waals surface area contributed by atoms with Gasteiger partial charge in [-0.2, -0.15) is 0 Å². The molecule has 9 heteroatoms. The van der Waals surface area contributed by atoms with Crippen molar-refractivity contribution in [3.8, 4) is 22.1 Å². The highest BCUT2D eigenvalue weighted by Crippen LogP contribution is 2.36. The van der Waals surface area contributed by atoms with Crippen molar-refractivity contribution in [1.82, 2.24) is 9.88 Å². The van der Waals surface area contributed by atoms with Crippen molar-refractivity contribution in [2.24, 2.45) is 0 Å². The van der Waals surface area contributed by atoms with Crippen LogP contribution in [0.4, 0.5) is 0 Å². The number of ether oxygens (including phenoxy) is 3. The Bertz CT molecular complexity index is 882. The van der Waals surface area contributed by atoms with E-state index in [0.717, 1.165) is 10.6 Å². The summed E-state index contributed by atoms with van der Waals surface area (Å²) in [6.45, 7) is 2.40. The average Bonchev–Trinajstić information content (AvgIpc) is 3.29. The van der Waals surface area contributed by atoms with Crippen LogP contribution in [-0.4, -0.2) is 59.0 Å². The van der Waals surface area contributed by atoms with Crippen LogP contribution in [0.3, 0.4) is 0 Å². The molecule has 0 bridgehead atoms. The number of morpholine rings is 1. The maximum atomic E-state index is 12.6. The molecule has 2 atom stereocenters. The molecule has 2 aliphatic heterocycles. The van der Waals surface area contributed by atoms with Gasteiger partial charge in [-0.05, 0) is 25.1 Å². The fraction of sp³-hybridized carbons (Fsp3) is 0.389. The molecule has 1 amide bonds. The number of hydrogen-bond acceptors (Lipinski definition) is 7. The number of aliphatic carboxylic acids is 1. The van der Waals surface area contributed by atoms with E-state index in [1.54, 1.807) is 6.92 Å². The minimum absolute atomic E-state index is 0.0532. The topological polar surface area (TPSA) is 98.2 Å². The van der Waals surface area contributed by atoms with Crippen LogP contribution in [0, 0.1) is 0 Å². The van der Waals surface area contributed by atoms with E-state index in [1.807, 2.05) is 23.6 Å². The summed E-state index contributed by atoms with van der Waals surface area (Å²) in [7, 11) is 0. The highest BCUT2D eigenvalue weighted by molar-refractivity contribution is 7.13. The number of rotatable bonds is 4. The molecular formula is C18H18N2O6S. The van der Waals surface area contributed by atoms with E-state index in [2.05, 4.69) is 4.98 Å². The molecule has 1 N–H and O–H groups in total. The van der Waals surface area contributed by atoms with Crippen LogP contribution < -0.4 is 9.47 Å². The van der Waals surface area contributed by atoms with Gasteiger partial charge < -0.3 is 24.2 Å². The average molecular weight is 390 g/mol. The van der Waals surface area contributed by atoms with Gasteiger partial charge in [-0.25, -0.2) is 9.78 Å². The van der Waals surface area contributed by atoms with E-state index in [4.69, 9.17) is 19.3 Å². The Hall–Kier alpha value is -2.65. The maximum Gasteiger partial charge on any atom is 0.334 e. The van der Waals surface area contributed by atoms with Crippen LogP contribution in [0.1, 0.15) is 12.6 Å². The number of nitrogens with zero attached hydrogens (tertiary/aromatic N) is 2. The molecule has 0 spiro atoms. The number of carbonyl (C=O) groups excluding carboxylic acids is 1. The van der Waals surface area contributed by atoms with E-state index in [0.29, 0.717) is 23.7 Å². The quantitative estimate of drug-likeness (QED) is 0.850. The number of carboxylic acid groups (broad SMARTS) is 1. The third-order valence-corrected chi connectivity index (χ3v) is 5.33. The lowest BCUT2D eigenvalue weighted by Crippen LogP contribution is -2.52. The molecule has 27 heavy (non-hydrogen) atoms. The van der Waals surface area contributed by atoms with Gasteiger partial charge in [-0.3, -0.25) is 4.79 Å². The molecule has 1 saturated heterocycles.